The summed E-state index contributed by atoms with van der Waals surface area (Å²) in [6.45, 7) is 18.8. The Morgan fingerprint density at radius 3 is 1.13 bits per heavy atom. The molecule has 2 saturated carbocycles. The van der Waals surface area contributed by atoms with E-state index in [1.54, 1.807) is 13.8 Å². The Balaban J connectivity index is 0.700. The van der Waals surface area contributed by atoms with Gasteiger partial charge in [0, 0.05) is 37.7 Å². The second-order valence-corrected chi connectivity index (χ2v) is 33.0. The number of nitrogens with zero attached hydrogens (tertiary/aromatic N) is 4. The fourth-order valence-electron chi connectivity index (χ4n) is 17.3. The van der Waals surface area contributed by atoms with Crippen molar-refractivity contribution in [3.8, 4) is 0 Å². The van der Waals surface area contributed by atoms with Gasteiger partial charge in [0.15, 0.2) is 12.2 Å². The average molecular weight is 1620 g/mol. The summed E-state index contributed by atoms with van der Waals surface area (Å²) in [6.07, 6.45) is -2.90. The molecule has 624 valence electrons. The van der Waals surface area contributed by atoms with Gasteiger partial charge in [0.1, 0.15) is 10.8 Å². The van der Waals surface area contributed by atoms with Gasteiger partial charge in [-0.2, -0.15) is 26.3 Å². The zero-order valence-corrected chi connectivity index (χ0v) is 67.0. The fourth-order valence-corrected chi connectivity index (χ4v) is 17.3. The van der Waals surface area contributed by atoms with E-state index < -0.39 is 135 Å². The minimum absolute atomic E-state index is 0.00238. The van der Waals surface area contributed by atoms with Crippen LogP contribution in [0.1, 0.15) is 270 Å². The molecule has 0 N–H and O–H groups in total. The summed E-state index contributed by atoms with van der Waals surface area (Å²) in [5.74, 6) is -9.48. The van der Waals surface area contributed by atoms with Gasteiger partial charge in [-0.15, -0.1) is 6.58 Å². The number of fused-ring (bicyclic) bond motifs is 4. The Hall–Kier alpha value is -10.2. The lowest BCUT2D eigenvalue weighted by atomic mass is 9.70. The summed E-state index contributed by atoms with van der Waals surface area (Å²) in [5, 5.41) is 0. The van der Waals surface area contributed by atoms with Gasteiger partial charge in [-0.1, -0.05) is 63.6 Å². The third kappa shape index (κ3) is 17.6. The maximum Gasteiger partial charge on any atom is 0.402 e. The van der Waals surface area contributed by atoms with Crippen LogP contribution >= 0.6 is 0 Å². The van der Waals surface area contributed by atoms with Gasteiger partial charge in [-0.25, -0.2) is 14.4 Å². The molecule has 0 radical (unpaired) electrons. The number of esters is 5. The summed E-state index contributed by atoms with van der Waals surface area (Å²) in [7, 11) is 2.32. The van der Waals surface area contributed by atoms with E-state index in [1.165, 1.54) is 51.3 Å². The number of hydrogen-bond acceptors (Lipinski definition) is 19. The summed E-state index contributed by atoms with van der Waals surface area (Å²) < 4.78 is 126. The number of carbonyl (C=O) groups is 13. The molecular weight excluding hydrogens is 1520 g/mol. The molecule has 6 aliphatic rings. The normalized spacial score (nSPS) is 21.2. The number of rotatable bonds is 35. The lowest BCUT2D eigenvalue weighted by Crippen LogP contribution is -2.47. The number of amides is 8. The van der Waals surface area contributed by atoms with Crippen molar-refractivity contribution in [1.82, 2.24) is 19.6 Å². The monoisotopic (exact) mass is 1620 g/mol. The molecule has 8 amide bonds. The van der Waals surface area contributed by atoms with E-state index >= 15 is 26.3 Å². The van der Waals surface area contributed by atoms with Gasteiger partial charge in [0.2, 0.25) is 0 Å². The van der Waals surface area contributed by atoms with Gasteiger partial charge in [-0.05, 0) is 226 Å². The van der Waals surface area contributed by atoms with E-state index in [4.69, 9.17) is 28.4 Å². The molecule has 10 rings (SSSR count). The van der Waals surface area contributed by atoms with Crippen LogP contribution in [0.15, 0.2) is 98.1 Å². The molecule has 4 aromatic carbocycles. The van der Waals surface area contributed by atoms with Crippen molar-refractivity contribution >= 4 is 77.1 Å². The lowest BCUT2D eigenvalue weighted by Gasteiger charge is -2.42. The predicted octanol–water partition coefficient (Wildman–Crippen LogP) is 14.6. The number of imide groups is 4. The van der Waals surface area contributed by atoms with Crippen LogP contribution in [0.25, 0.3) is 0 Å². The van der Waals surface area contributed by atoms with Crippen molar-refractivity contribution in [2.24, 2.45) is 34.5 Å². The van der Waals surface area contributed by atoms with Crippen molar-refractivity contribution in [1.29, 1.82) is 0 Å². The van der Waals surface area contributed by atoms with Crippen molar-refractivity contribution in [2.45, 2.75) is 212 Å². The molecule has 10 unspecified atom stereocenters. The zero-order valence-electron chi connectivity index (χ0n) is 67.0. The Morgan fingerprint density at radius 2 is 0.784 bits per heavy atom. The summed E-state index contributed by atoms with van der Waals surface area (Å²) in [5.41, 5.74) is -10.7. The van der Waals surface area contributed by atoms with Crippen LogP contribution in [-0.4, -0.2) is 180 Å². The van der Waals surface area contributed by atoms with E-state index in [2.05, 4.69) is 13.2 Å². The maximum atomic E-state index is 15.8. The summed E-state index contributed by atoms with van der Waals surface area (Å²) >= 11 is 0. The van der Waals surface area contributed by atoms with Gasteiger partial charge >= 0.3 is 42.2 Å². The minimum Gasteiger partial charge on any atom is -0.467 e. The first-order valence-electron chi connectivity index (χ1n) is 39.4. The predicted molar refractivity (Wildman–Crippen MR) is 407 cm³/mol. The van der Waals surface area contributed by atoms with Crippen LogP contribution in [0.4, 0.5) is 26.3 Å². The van der Waals surface area contributed by atoms with Gasteiger partial charge < -0.3 is 28.4 Å². The second-order valence-electron chi connectivity index (χ2n) is 33.0. The van der Waals surface area contributed by atoms with E-state index in [1.807, 2.05) is 13.8 Å². The fraction of sp³-hybridized carbons (Fsp3) is 0.529. The third-order valence-corrected chi connectivity index (χ3v) is 24.3. The Morgan fingerprint density at radius 1 is 0.457 bits per heavy atom. The molecule has 2 aliphatic carbocycles. The Bertz CT molecular complexity index is 4580. The molecule has 2 fully saturated rings. The minimum atomic E-state index is -5.04. The van der Waals surface area contributed by atoms with Crippen LogP contribution in [0.5, 0.6) is 0 Å². The van der Waals surface area contributed by atoms with Crippen molar-refractivity contribution in [3.63, 3.8) is 0 Å². The number of methoxy groups -OCH3 is 2. The maximum absolute atomic E-state index is 15.8. The number of carbonyl (C=O) groups excluding carboxylic acids is 13. The molecule has 0 spiro atoms. The number of unbranched alkanes of at least 4 members (excludes halogenated alkanes) is 6. The number of alkyl halides is 6. The molecule has 4 aromatic rings. The molecule has 23 nitrogen and oxygen atoms in total. The SMILES string of the molecule is C=CCOC(CC(C)(C)C(=O)OCCCCCCN1C(=O)c2ccc(C(C)(c3ccc4c(c3)C(=O)N(C3CCC(CC5CCC(N6C(=O)c7ccc(C(C)(c8ccc9c(c8)C(=O)N(CCCCCCOC(=O)C(C)(C)CC(OC(=O)C=C)C(=O)OC)C9=O)C(F)(F)F)cc7C6=O)C(C)C5)CC3C)C4=O)C(F)(F)F)cc2C1=O)C(=O)OC. The Labute approximate surface area is 669 Å². The smallest absolute Gasteiger partial charge is 0.402 e. The van der Waals surface area contributed by atoms with Gasteiger partial charge in [0.05, 0.1) is 89.4 Å². The van der Waals surface area contributed by atoms with Crippen LogP contribution in [0, 0.1) is 34.5 Å². The molecule has 116 heavy (non-hydrogen) atoms. The van der Waals surface area contributed by atoms with E-state index in [-0.39, 0.29) is 136 Å². The number of hydrogen-bond donors (Lipinski definition) is 0. The zero-order chi connectivity index (χ0) is 85.1. The quantitative estimate of drug-likeness (QED) is 0.00786. The Kier molecular flexibility index (Phi) is 26.9. The van der Waals surface area contributed by atoms with E-state index in [9.17, 15) is 62.3 Å². The molecule has 0 bridgehead atoms. The lowest BCUT2D eigenvalue weighted by molar-refractivity contribution is -0.173. The van der Waals surface area contributed by atoms with Crippen LogP contribution in [0.3, 0.4) is 0 Å². The van der Waals surface area contributed by atoms with E-state index in [0.717, 1.165) is 102 Å². The molecule has 4 heterocycles. The molecule has 29 heteroatoms. The molecule has 0 aromatic heterocycles. The van der Waals surface area contributed by atoms with Gasteiger partial charge in [-0.3, -0.25) is 67.5 Å². The summed E-state index contributed by atoms with van der Waals surface area (Å²) in [4.78, 5) is 179. The largest absolute Gasteiger partial charge is 0.467 e. The first-order valence-corrected chi connectivity index (χ1v) is 39.4. The molecule has 4 aliphatic heterocycles. The van der Waals surface area contributed by atoms with Crippen molar-refractivity contribution < 1.29 is 117 Å². The highest BCUT2D eigenvalue weighted by atomic mass is 19.4. The number of benzene rings is 4. The first-order chi connectivity index (χ1) is 54.6. The first kappa shape index (κ1) is 88.2. The highest BCUT2D eigenvalue weighted by Gasteiger charge is 2.58. The van der Waals surface area contributed by atoms with Crippen LogP contribution < -0.4 is 0 Å². The second kappa shape index (κ2) is 35.3. The standard InChI is InChI=1S/C87H100F6N4O19/c1-13-37-113-67(78(107)111-11)47-82(5,6)80(109)114-38-21-17-15-19-35-94-70(99)57-29-25-53(43-61(57)72(94)101)84(9,86(88,89)90)55-27-31-59-63(45-55)76(105)96(74(59)103)65-33-23-51(40-49(65)3)42-52-24-34-66(50(4)41-52)97-75(104)60-32-28-56(46-64(60)77(97)106)85(10,87(91,92)93)54-26-30-58-62(44-54)73(102)95(71(58)100)36-20-16-18-22-39-115-81(110)83(7,8)48-68(79(108)112-12)116-69(98)14-2/h13-14,25-32,43-46,49-52,65-68H,1-2,15-24,33-42,47-48H2,3-12H3. The highest BCUT2D eigenvalue weighted by Crippen LogP contribution is 2.52. The van der Waals surface area contributed by atoms with Crippen LogP contribution in [0.2, 0.25) is 0 Å². The number of halogens is 6. The third-order valence-electron chi connectivity index (χ3n) is 24.3. The van der Waals surface area contributed by atoms with Crippen molar-refractivity contribution in [2.75, 3.05) is 47.1 Å². The van der Waals surface area contributed by atoms with Crippen LogP contribution in [-0.2, 0) is 63.2 Å². The highest BCUT2D eigenvalue weighted by molar-refractivity contribution is 6.24. The average Bonchev–Trinajstić information content (AvgIpc) is 1.48. The molecule has 0 saturated heterocycles. The van der Waals surface area contributed by atoms with Gasteiger partial charge in [0.25, 0.3) is 47.3 Å². The summed E-state index contributed by atoms with van der Waals surface area (Å²) in [6, 6.07) is 12.5. The molecular formula is C87H100F6N4O19. The van der Waals surface area contributed by atoms with E-state index in [0.29, 0.717) is 89.9 Å². The topological polar surface area (TPSA) is 290 Å². The van der Waals surface area contributed by atoms with Crippen molar-refractivity contribution in [3.05, 3.63) is 165 Å². The molecule has 10 atom stereocenters. The number of ether oxygens (including phenoxy) is 6.